The van der Waals surface area contributed by atoms with Crippen molar-refractivity contribution in [2.45, 2.75) is 32.9 Å². The highest BCUT2D eigenvalue weighted by Crippen LogP contribution is 2.44. The van der Waals surface area contributed by atoms with E-state index >= 15 is 0 Å². The molecule has 41 heavy (non-hydrogen) atoms. The summed E-state index contributed by atoms with van der Waals surface area (Å²) in [6, 6.07) is 29.5. The molecule has 0 bridgehead atoms. The number of aryl methyl sites for hydroxylation is 2. The fraction of sp³-hybridized carbons (Fsp3) is 0.152. The van der Waals surface area contributed by atoms with Gasteiger partial charge in [0, 0.05) is 28.3 Å². The van der Waals surface area contributed by atoms with Crippen molar-refractivity contribution in [3.8, 4) is 17.2 Å². The Balaban J connectivity index is 1.41. The van der Waals surface area contributed by atoms with Crippen molar-refractivity contribution in [3.05, 3.63) is 135 Å². The second-order valence-corrected chi connectivity index (χ2v) is 11.4. The SMILES string of the molecule is Cc1ccc(Oc2ccc(N3C(=S)N[C@@H](c4ccccn4)[C@@H]3c3cc(C)n(-c4ccc(Cl)cc4Cl)c3C)cc2)cc1. The van der Waals surface area contributed by atoms with Gasteiger partial charge in [-0.3, -0.25) is 4.98 Å². The lowest BCUT2D eigenvalue weighted by molar-refractivity contribution is 0.482. The normalized spacial score (nSPS) is 16.6. The Labute approximate surface area is 255 Å². The number of hydrogen-bond acceptors (Lipinski definition) is 3. The van der Waals surface area contributed by atoms with E-state index in [-0.39, 0.29) is 12.1 Å². The largest absolute Gasteiger partial charge is 0.457 e. The van der Waals surface area contributed by atoms with Crippen LogP contribution < -0.4 is 15.0 Å². The van der Waals surface area contributed by atoms with E-state index < -0.39 is 0 Å². The van der Waals surface area contributed by atoms with Crippen LogP contribution in [0.1, 0.15) is 40.3 Å². The number of nitrogens with zero attached hydrogens (tertiary/aromatic N) is 3. The lowest BCUT2D eigenvalue weighted by Crippen LogP contribution is -2.29. The lowest BCUT2D eigenvalue weighted by Gasteiger charge is -2.28. The summed E-state index contributed by atoms with van der Waals surface area (Å²) in [5, 5.41) is 5.38. The zero-order chi connectivity index (χ0) is 28.7. The zero-order valence-electron chi connectivity index (χ0n) is 22.8. The molecule has 3 heterocycles. The van der Waals surface area contributed by atoms with E-state index in [4.69, 9.17) is 45.1 Å². The molecule has 1 aliphatic rings. The summed E-state index contributed by atoms with van der Waals surface area (Å²) in [5.41, 5.74) is 7.18. The molecule has 0 aliphatic carbocycles. The Bertz CT molecular complexity index is 1720. The molecular weight excluding hydrogens is 571 g/mol. The second-order valence-electron chi connectivity index (χ2n) is 10.2. The molecule has 0 unspecified atom stereocenters. The molecule has 1 fully saturated rings. The average molecular weight is 600 g/mol. The number of anilines is 1. The van der Waals surface area contributed by atoms with Crippen LogP contribution in [0.3, 0.4) is 0 Å². The lowest BCUT2D eigenvalue weighted by atomic mass is 9.96. The molecule has 8 heteroatoms. The molecular formula is C33H28Cl2N4OS. The smallest absolute Gasteiger partial charge is 0.174 e. The Morgan fingerprint density at radius 1 is 0.854 bits per heavy atom. The molecule has 1 saturated heterocycles. The third-order valence-corrected chi connectivity index (χ3v) is 8.26. The van der Waals surface area contributed by atoms with Crippen molar-refractivity contribution in [2.24, 2.45) is 0 Å². The van der Waals surface area contributed by atoms with E-state index in [1.807, 2.05) is 85.1 Å². The third-order valence-electron chi connectivity index (χ3n) is 7.41. The minimum Gasteiger partial charge on any atom is -0.457 e. The van der Waals surface area contributed by atoms with Crippen LogP contribution in [0.2, 0.25) is 10.0 Å². The van der Waals surface area contributed by atoms with Crippen molar-refractivity contribution in [2.75, 3.05) is 4.90 Å². The van der Waals surface area contributed by atoms with Crippen LogP contribution in [-0.2, 0) is 0 Å². The zero-order valence-corrected chi connectivity index (χ0v) is 25.1. The predicted octanol–water partition coefficient (Wildman–Crippen LogP) is 9.07. The minimum absolute atomic E-state index is 0.160. The van der Waals surface area contributed by atoms with Crippen molar-refractivity contribution in [3.63, 3.8) is 0 Å². The molecule has 6 rings (SSSR count). The molecule has 1 N–H and O–H groups in total. The minimum atomic E-state index is -0.165. The maximum absolute atomic E-state index is 6.66. The van der Waals surface area contributed by atoms with Crippen LogP contribution in [0.25, 0.3) is 5.69 Å². The number of hydrogen-bond donors (Lipinski definition) is 1. The summed E-state index contributed by atoms with van der Waals surface area (Å²) in [7, 11) is 0. The van der Waals surface area contributed by atoms with Gasteiger partial charge in [0.2, 0.25) is 0 Å². The van der Waals surface area contributed by atoms with Crippen molar-refractivity contribution in [1.82, 2.24) is 14.9 Å². The molecule has 206 valence electrons. The molecule has 0 radical (unpaired) electrons. The molecule has 0 saturated carbocycles. The molecule has 1 aliphatic heterocycles. The Morgan fingerprint density at radius 3 is 2.22 bits per heavy atom. The van der Waals surface area contributed by atoms with Gasteiger partial charge in [0.15, 0.2) is 5.11 Å². The Morgan fingerprint density at radius 2 is 1.56 bits per heavy atom. The molecule has 3 aromatic carbocycles. The van der Waals surface area contributed by atoms with E-state index in [0.717, 1.165) is 45.5 Å². The Kier molecular flexibility index (Phi) is 7.47. The fourth-order valence-corrected chi connectivity index (χ4v) is 6.33. The number of nitrogens with one attached hydrogen (secondary N) is 1. The fourth-order valence-electron chi connectivity index (χ4n) is 5.49. The molecule has 0 spiro atoms. The summed E-state index contributed by atoms with van der Waals surface area (Å²) in [5.74, 6) is 1.55. The van der Waals surface area contributed by atoms with Crippen molar-refractivity contribution >= 4 is 46.2 Å². The van der Waals surface area contributed by atoms with Crippen molar-refractivity contribution in [1.29, 1.82) is 0 Å². The monoisotopic (exact) mass is 598 g/mol. The first-order valence-electron chi connectivity index (χ1n) is 13.3. The summed E-state index contributed by atoms with van der Waals surface area (Å²) < 4.78 is 8.25. The number of aromatic nitrogens is 2. The number of rotatable bonds is 6. The number of pyridine rings is 1. The number of ether oxygens (including phenoxy) is 1. The first-order chi connectivity index (χ1) is 19.8. The van der Waals surface area contributed by atoms with Crippen molar-refractivity contribution < 1.29 is 4.74 Å². The van der Waals surface area contributed by atoms with Gasteiger partial charge in [-0.15, -0.1) is 0 Å². The summed E-state index contributed by atoms with van der Waals surface area (Å²) in [6.07, 6.45) is 1.81. The van der Waals surface area contributed by atoms with Gasteiger partial charge < -0.3 is 19.5 Å². The molecule has 2 aromatic heterocycles. The van der Waals surface area contributed by atoms with E-state index in [0.29, 0.717) is 15.2 Å². The van der Waals surface area contributed by atoms with Crippen LogP contribution in [0.15, 0.2) is 97.2 Å². The van der Waals surface area contributed by atoms with Crippen LogP contribution >= 0.6 is 35.4 Å². The van der Waals surface area contributed by atoms with Gasteiger partial charge >= 0.3 is 0 Å². The van der Waals surface area contributed by atoms with Crippen LogP contribution in [0, 0.1) is 20.8 Å². The van der Waals surface area contributed by atoms with Gasteiger partial charge in [-0.25, -0.2) is 0 Å². The number of thiocarbonyl (C=S) groups is 1. The first-order valence-corrected chi connectivity index (χ1v) is 14.5. The highest BCUT2D eigenvalue weighted by atomic mass is 35.5. The summed E-state index contributed by atoms with van der Waals surface area (Å²) >= 11 is 18.8. The quantitative estimate of drug-likeness (QED) is 0.197. The number of halogens is 2. The highest BCUT2D eigenvalue weighted by Gasteiger charge is 2.42. The first kappa shape index (κ1) is 27.3. The molecule has 0 amide bonds. The molecule has 5 aromatic rings. The van der Waals surface area contributed by atoms with Gasteiger partial charge in [-0.05, 0) is 111 Å². The second kappa shape index (κ2) is 11.2. The summed E-state index contributed by atoms with van der Waals surface area (Å²) in [6.45, 7) is 6.25. The average Bonchev–Trinajstić information content (AvgIpc) is 3.46. The third kappa shape index (κ3) is 5.31. The standard InChI is InChI=1S/C33H28Cl2N4OS/c1-20-7-12-25(13-8-20)40-26-14-10-24(11-15-26)39-32(31(37-33(39)41)29-6-4-5-17-36-29)27-18-21(2)38(22(27)3)30-16-9-23(34)19-28(30)35/h4-19,31-32H,1-3H3,(H,37,41)/t31-,32-/m0/s1. The summed E-state index contributed by atoms with van der Waals surface area (Å²) in [4.78, 5) is 6.86. The topological polar surface area (TPSA) is 42.3 Å². The molecule has 5 nitrogen and oxygen atoms in total. The van der Waals surface area contributed by atoms with Gasteiger partial charge in [-0.2, -0.15) is 0 Å². The van der Waals surface area contributed by atoms with Gasteiger partial charge in [-0.1, -0.05) is 47.0 Å². The van der Waals surface area contributed by atoms with Gasteiger partial charge in [0.05, 0.1) is 28.5 Å². The van der Waals surface area contributed by atoms with Gasteiger partial charge in [0.1, 0.15) is 11.5 Å². The maximum Gasteiger partial charge on any atom is 0.174 e. The van der Waals surface area contributed by atoms with E-state index in [9.17, 15) is 0 Å². The van der Waals surface area contributed by atoms with Gasteiger partial charge in [0.25, 0.3) is 0 Å². The van der Waals surface area contributed by atoms with E-state index in [1.54, 1.807) is 6.07 Å². The Hall–Kier alpha value is -3.84. The predicted molar refractivity (Wildman–Crippen MR) is 171 cm³/mol. The maximum atomic E-state index is 6.66. The van der Waals surface area contributed by atoms with E-state index in [1.165, 1.54) is 5.56 Å². The molecule has 2 atom stereocenters. The highest BCUT2D eigenvalue weighted by molar-refractivity contribution is 7.80. The number of benzene rings is 3. The van der Waals surface area contributed by atoms with Crippen LogP contribution in [0.4, 0.5) is 5.69 Å². The van der Waals surface area contributed by atoms with Crippen LogP contribution in [0.5, 0.6) is 11.5 Å². The van der Waals surface area contributed by atoms with E-state index in [2.05, 4.69) is 41.6 Å². The van der Waals surface area contributed by atoms with Crippen LogP contribution in [-0.4, -0.2) is 14.7 Å².